The molecule has 124 valence electrons. The van der Waals surface area contributed by atoms with Crippen LogP contribution in [0.5, 0.6) is 0 Å². The summed E-state index contributed by atoms with van der Waals surface area (Å²) in [6.07, 6.45) is 4.08. The van der Waals surface area contributed by atoms with Crippen molar-refractivity contribution in [1.29, 1.82) is 5.26 Å². The van der Waals surface area contributed by atoms with Crippen LogP contribution in [0, 0.1) is 11.3 Å². The molecule has 1 amide bonds. The highest BCUT2D eigenvalue weighted by molar-refractivity contribution is 6.06. The zero-order valence-corrected chi connectivity index (χ0v) is 13.5. The van der Waals surface area contributed by atoms with Crippen molar-refractivity contribution in [2.24, 2.45) is 0 Å². The minimum atomic E-state index is -0.267. The fourth-order valence-corrected chi connectivity index (χ4v) is 2.40. The highest BCUT2D eigenvalue weighted by Crippen LogP contribution is 2.21. The number of rotatable bonds is 6. The first-order valence-electron chi connectivity index (χ1n) is 7.89. The van der Waals surface area contributed by atoms with Gasteiger partial charge in [0.1, 0.15) is 11.8 Å². The number of para-hydroxylation sites is 2. The second kappa shape index (κ2) is 7.79. The van der Waals surface area contributed by atoms with Gasteiger partial charge in [-0.15, -0.1) is 0 Å². The van der Waals surface area contributed by atoms with Crippen LogP contribution in [-0.2, 0) is 6.42 Å². The van der Waals surface area contributed by atoms with Crippen molar-refractivity contribution in [3.05, 3.63) is 77.9 Å². The summed E-state index contributed by atoms with van der Waals surface area (Å²) in [7, 11) is 0. The number of aromatic nitrogens is 2. The largest absolute Gasteiger partial charge is 0.383 e. The van der Waals surface area contributed by atoms with Gasteiger partial charge in [0.15, 0.2) is 0 Å². The minimum Gasteiger partial charge on any atom is -0.383 e. The van der Waals surface area contributed by atoms with Crippen molar-refractivity contribution in [1.82, 2.24) is 9.97 Å². The zero-order chi connectivity index (χ0) is 17.5. The number of carbonyl (C=O) groups is 1. The molecule has 0 radical (unpaired) electrons. The van der Waals surface area contributed by atoms with E-state index in [-0.39, 0.29) is 5.91 Å². The van der Waals surface area contributed by atoms with Crippen molar-refractivity contribution >= 4 is 17.3 Å². The lowest BCUT2D eigenvalue weighted by Crippen LogP contribution is -2.14. The van der Waals surface area contributed by atoms with E-state index >= 15 is 0 Å². The Morgan fingerprint density at radius 3 is 2.68 bits per heavy atom. The Kier molecular flexibility index (Phi) is 5.07. The Morgan fingerprint density at radius 1 is 1.16 bits per heavy atom. The number of nitrogens with zero attached hydrogens (tertiary/aromatic N) is 2. The normalized spacial score (nSPS) is 10.0. The molecule has 3 N–H and O–H groups in total. The Bertz CT molecular complexity index is 895. The van der Waals surface area contributed by atoms with Gasteiger partial charge in [-0.2, -0.15) is 5.26 Å². The number of carbonyl (C=O) groups excluding carboxylic acids is 1. The average Bonchev–Trinajstić information content (AvgIpc) is 3.13. The van der Waals surface area contributed by atoms with E-state index in [1.165, 1.54) is 12.3 Å². The Balaban J connectivity index is 1.64. The van der Waals surface area contributed by atoms with Crippen LogP contribution < -0.4 is 10.6 Å². The molecule has 0 aliphatic rings. The molecule has 0 fully saturated rings. The van der Waals surface area contributed by atoms with Gasteiger partial charge >= 0.3 is 0 Å². The van der Waals surface area contributed by atoms with Crippen LogP contribution >= 0.6 is 0 Å². The standard InChI is InChI=1S/C19H17N5O/c20-12-16-11-14(13-23-16)19(25)24-18-7-2-1-6-17(18)22-10-8-15-5-3-4-9-21-15/h1-7,9,11,13,22-23H,8,10H2,(H,24,25). The molecule has 0 unspecified atom stereocenters. The van der Waals surface area contributed by atoms with Crippen LogP contribution in [0.25, 0.3) is 0 Å². The molecule has 0 spiro atoms. The predicted octanol–water partition coefficient (Wildman–Crippen LogP) is 3.19. The first-order valence-corrected chi connectivity index (χ1v) is 7.89. The van der Waals surface area contributed by atoms with E-state index in [0.29, 0.717) is 23.5 Å². The van der Waals surface area contributed by atoms with Crippen LogP contribution in [-0.4, -0.2) is 22.4 Å². The van der Waals surface area contributed by atoms with E-state index in [2.05, 4.69) is 20.6 Å². The topological polar surface area (TPSA) is 93.6 Å². The van der Waals surface area contributed by atoms with Gasteiger partial charge in [-0.25, -0.2) is 0 Å². The van der Waals surface area contributed by atoms with Crippen LogP contribution in [0.1, 0.15) is 21.7 Å². The molecular weight excluding hydrogens is 314 g/mol. The summed E-state index contributed by atoms with van der Waals surface area (Å²) in [6, 6.07) is 16.8. The van der Waals surface area contributed by atoms with Crippen molar-refractivity contribution < 1.29 is 4.79 Å². The average molecular weight is 331 g/mol. The van der Waals surface area contributed by atoms with Crippen molar-refractivity contribution in [3.8, 4) is 6.07 Å². The third kappa shape index (κ3) is 4.24. The maximum absolute atomic E-state index is 12.3. The summed E-state index contributed by atoms with van der Waals surface area (Å²) >= 11 is 0. The Morgan fingerprint density at radius 2 is 1.96 bits per heavy atom. The van der Waals surface area contributed by atoms with Crippen LogP contribution in [0.15, 0.2) is 60.9 Å². The minimum absolute atomic E-state index is 0.267. The van der Waals surface area contributed by atoms with Gasteiger partial charge in [0.05, 0.1) is 16.9 Å². The lowest BCUT2D eigenvalue weighted by Gasteiger charge is -2.12. The number of hydrogen-bond acceptors (Lipinski definition) is 4. The van der Waals surface area contributed by atoms with Crippen molar-refractivity contribution in [3.63, 3.8) is 0 Å². The quantitative estimate of drug-likeness (QED) is 0.646. The molecule has 0 aliphatic carbocycles. The zero-order valence-electron chi connectivity index (χ0n) is 13.5. The molecule has 2 aromatic heterocycles. The van der Waals surface area contributed by atoms with E-state index in [4.69, 9.17) is 5.26 Å². The molecule has 6 nitrogen and oxygen atoms in total. The van der Waals surface area contributed by atoms with E-state index in [1.54, 1.807) is 6.20 Å². The van der Waals surface area contributed by atoms with Gasteiger partial charge in [-0.1, -0.05) is 18.2 Å². The monoisotopic (exact) mass is 331 g/mol. The van der Waals surface area contributed by atoms with E-state index in [0.717, 1.165) is 17.8 Å². The molecule has 3 rings (SSSR count). The molecule has 6 heteroatoms. The Hall–Kier alpha value is -3.59. The van der Waals surface area contributed by atoms with Gasteiger partial charge in [0.25, 0.3) is 5.91 Å². The maximum atomic E-state index is 12.3. The summed E-state index contributed by atoms with van der Waals surface area (Å²) in [6.45, 7) is 0.701. The number of amides is 1. The third-order valence-corrected chi connectivity index (χ3v) is 3.66. The third-order valence-electron chi connectivity index (χ3n) is 3.66. The number of anilines is 2. The number of nitriles is 1. The van der Waals surface area contributed by atoms with Gasteiger partial charge in [-0.3, -0.25) is 9.78 Å². The molecule has 0 saturated carbocycles. The molecule has 3 aromatic rings. The molecule has 2 heterocycles. The summed E-state index contributed by atoms with van der Waals surface area (Å²) in [5, 5.41) is 15.0. The summed E-state index contributed by atoms with van der Waals surface area (Å²) in [4.78, 5) is 19.3. The second-order valence-electron chi connectivity index (χ2n) is 5.41. The summed E-state index contributed by atoms with van der Waals surface area (Å²) < 4.78 is 0. The van der Waals surface area contributed by atoms with Crippen molar-refractivity contribution in [2.45, 2.75) is 6.42 Å². The number of nitrogens with one attached hydrogen (secondary N) is 3. The maximum Gasteiger partial charge on any atom is 0.257 e. The van der Waals surface area contributed by atoms with Gasteiger partial charge in [0, 0.05) is 31.1 Å². The number of benzene rings is 1. The summed E-state index contributed by atoms with van der Waals surface area (Å²) in [5.41, 5.74) is 3.30. The Labute approximate surface area is 145 Å². The van der Waals surface area contributed by atoms with Crippen LogP contribution in [0.2, 0.25) is 0 Å². The molecular formula is C19H17N5O. The predicted molar refractivity (Wildman–Crippen MR) is 96.3 cm³/mol. The lowest BCUT2D eigenvalue weighted by atomic mass is 10.2. The molecule has 0 bridgehead atoms. The number of aromatic amines is 1. The second-order valence-corrected chi connectivity index (χ2v) is 5.41. The molecule has 0 atom stereocenters. The fourth-order valence-electron chi connectivity index (χ4n) is 2.40. The SMILES string of the molecule is N#Cc1cc(C(=O)Nc2ccccc2NCCc2ccccn2)c[nH]1. The number of H-pyrrole nitrogens is 1. The van der Waals surface area contributed by atoms with Gasteiger partial charge in [0.2, 0.25) is 0 Å². The first-order chi connectivity index (χ1) is 12.3. The molecule has 25 heavy (non-hydrogen) atoms. The lowest BCUT2D eigenvalue weighted by molar-refractivity contribution is 0.102. The smallest absolute Gasteiger partial charge is 0.257 e. The van der Waals surface area contributed by atoms with E-state index in [1.807, 2.05) is 48.5 Å². The van der Waals surface area contributed by atoms with E-state index in [9.17, 15) is 4.79 Å². The fraction of sp³-hybridized carbons (Fsp3) is 0.105. The van der Waals surface area contributed by atoms with Gasteiger partial charge in [-0.05, 0) is 30.3 Å². The van der Waals surface area contributed by atoms with Crippen LogP contribution in [0.4, 0.5) is 11.4 Å². The molecule has 1 aromatic carbocycles. The van der Waals surface area contributed by atoms with Crippen molar-refractivity contribution in [2.75, 3.05) is 17.2 Å². The van der Waals surface area contributed by atoms with E-state index < -0.39 is 0 Å². The highest BCUT2D eigenvalue weighted by Gasteiger charge is 2.10. The molecule has 0 saturated heterocycles. The highest BCUT2D eigenvalue weighted by atomic mass is 16.1. The van der Waals surface area contributed by atoms with Gasteiger partial charge < -0.3 is 15.6 Å². The first kappa shape index (κ1) is 16.3. The number of pyridine rings is 1. The summed E-state index contributed by atoms with van der Waals surface area (Å²) in [5.74, 6) is -0.267. The molecule has 0 aliphatic heterocycles. The number of hydrogen-bond donors (Lipinski definition) is 3. The van der Waals surface area contributed by atoms with Crippen LogP contribution in [0.3, 0.4) is 0 Å².